The number of halogens is 1. The van der Waals surface area contributed by atoms with E-state index in [9.17, 15) is 0 Å². The second kappa shape index (κ2) is 10.7. The maximum absolute atomic E-state index is 6.62. The first-order chi connectivity index (χ1) is 18.5. The molecule has 1 saturated heterocycles. The molecule has 38 heavy (non-hydrogen) atoms. The molecule has 0 radical (unpaired) electrons. The van der Waals surface area contributed by atoms with Gasteiger partial charge in [0, 0.05) is 54.9 Å². The van der Waals surface area contributed by atoms with E-state index in [4.69, 9.17) is 11.6 Å². The number of fused-ring (bicyclic) bond motifs is 1. The summed E-state index contributed by atoms with van der Waals surface area (Å²) in [5.41, 5.74) is 9.18. The van der Waals surface area contributed by atoms with Crippen LogP contribution in [0.1, 0.15) is 30.9 Å². The van der Waals surface area contributed by atoms with Crippen LogP contribution in [0.15, 0.2) is 85.2 Å². The number of aromatic nitrogens is 2. The van der Waals surface area contributed by atoms with Gasteiger partial charge in [-0.25, -0.2) is 4.98 Å². The average molecular weight is 524 g/mol. The van der Waals surface area contributed by atoms with E-state index in [2.05, 4.69) is 75.0 Å². The minimum absolute atomic E-state index is 0.656. The van der Waals surface area contributed by atoms with Crippen LogP contribution in [0.5, 0.6) is 0 Å². The molecule has 0 atom stereocenters. The van der Waals surface area contributed by atoms with Gasteiger partial charge in [0.25, 0.3) is 0 Å². The first-order valence-corrected chi connectivity index (χ1v) is 13.9. The van der Waals surface area contributed by atoms with Crippen molar-refractivity contribution in [2.24, 2.45) is 0 Å². The van der Waals surface area contributed by atoms with Gasteiger partial charge < -0.3 is 15.2 Å². The molecule has 0 amide bonds. The third-order valence-corrected chi connectivity index (χ3v) is 8.31. The lowest BCUT2D eigenvalue weighted by atomic mass is 9.94. The molecule has 4 aromatic rings. The lowest BCUT2D eigenvalue weighted by Gasteiger charge is -2.41. The summed E-state index contributed by atoms with van der Waals surface area (Å²) < 4.78 is 0. The number of piperidine rings is 1. The number of hydrogen-bond acceptors (Lipinski definition) is 4. The van der Waals surface area contributed by atoms with Crippen LogP contribution in [0.3, 0.4) is 0 Å². The summed E-state index contributed by atoms with van der Waals surface area (Å²) in [5, 5.41) is 4.36. The van der Waals surface area contributed by atoms with Crippen molar-refractivity contribution in [3.63, 3.8) is 0 Å². The molecule has 0 spiro atoms. The maximum Gasteiger partial charge on any atom is 0.139 e. The van der Waals surface area contributed by atoms with Gasteiger partial charge in [-0.1, -0.05) is 60.6 Å². The molecule has 0 saturated carbocycles. The molecule has 2 N–H and O–H groups in total. The van der Waals surface area contributed by atoms with Crippen molar-refractivity contribution in [2.45, 2.75) is 38.8 Å². The molecule has 194 valence electrons. The van der Waals surface area contributed by atoms with Crippen molar-refractivity contribution >= 4 is 23.0 Å². The van der Waals surface area contributed by atoms with Crippen LogP contribution in [0.2, 0.25) is 5.02 Å². The summed E-state index contributed by atoms with van der Waals surface area (Å²) in [6.07, 6.45) is 5.35. The Morgan fingerprint density at radius 1 is 1.03 bits per heavy atom. The molecular weight excluding hydrogens is 490 g/mol. The number of benzene rings is 3. The fourth-order valence-corrected chi connectivity index (χ4v) is 6.04. The van der Waals surface area contributed by atoms with Gasteiger partial charge in [0.2, 0.25) is 0 Å². The summed E-state index contributed by atoms with van der Waals surface area (Å²) in [4.78, 5) is 13.2. The van der Waals surface area contributed by atoms with Gasteiger partial charge >= 0.3 is 0 Å². The molecule has 2 aliphatic heterocycles. The molecule has 1 aromatic heterocycles. The maximum atomic E-state index is 6.62. The van der Waals surface area contributed by atoms with Crippen molar-refractivity contribution in [3.05, 3.63) is 101 Å². The minimum atomic E-state index is 0.656. The Hall–Kier alpha value is -3.54. The Bertz CT molecular complexity index is 1440. The number of imidazole rings is 1. The first-order valence-electron chi connectivity index (χ1n) is 13.5. The normalized spacial score (nSPS) is 16.3. The monoisotopic (exact) mass is 523 g/mol. The van der Waals surface area contributed by atoms with E-state index in [0.29, 0.717) is 11.1 Å². The Balaban J connectivity index is 1.19. The number of H-pyrrole nitrogens is 1. The minimum Gasteiger partial charge on any atom is -0.375 e. The highest BCUT2D eigenvalue weighted by molar-refractivity contribution is 6.33. The second-order valence-corrected chi connectivity index (χ2v) is 10.9. The SMILES string of the molecule is C=C(C)N1CCC(N2CCc3c(cccc3Nc3ccc(Cl)c(-c4ncc(-c5ccccc5)[nH]4)c3)C2)CC1. The quantitative estimate of drug-likeness (QED) is 0.275. The zero-order chi connectivity index (χ0) is 26.1. The molecule has 0 unspecified atom stereocenters. The summed E-state index contributed by atoms with van der Waals surface area (Å²) >= 11 is 6.62. The lowest BCUT2D eigenvalue weighted by molar-refractivity contribution is 0.112. The molecule has 6 rings (SSSR count). The number of nitrogens with one attached hydrogen (secondary N) is 2. The zero-order valence-electron chi connectivity index (χ0n) is 21.9. The fraction of sp³-hybridized carbons (Fsp3) is 0.281. The van der Waals surface area contributed by atoms with Crippen LogP contribution in [-0.2, 0) is 13.0 Å². The van der Waals surface area contributed by atoms with Crippen LogP contribution in [0.4, 0.5) is 11.4 Å². The van der Waals surface area contributed by atoms with Gasteiger partial charge in [-0.15, -0.1) is 0 Å². The number of nitrogens with zero attached hydrogens (tertiary/aromatic N) is 3. The van der Waals surface area contributed by atoms with Crippen LogP contribution in [0, 0.1) is 0 Å². The van der Waals surface area contributed by atoms with E-state index in [1.165, 1.54) is 35.4 Å². The van der Waals surface area contributed by atoms with E-state index in [0.717, 1.165) is 60.9 Å². The van der Waals surface area contributed by atoms with E-state index >= 15 is 0 Å². The van der Waals surface area contributed by atoms with Crippen molar-refractivity contribution < 1.29 is 0 Å². The van der Waals surface area contributed by atoms with Crippen molar-refractivity contribution in [1.29, 1.82) is 0 Å². The Kier molecular flexibility index (Phi) is 6.96. The van der Waals surface area contributed by atoms with Crippen molar-refractivity contribution in [1.82, 2.24) is 19.8 Å². The lowest BCUT2D eigenvalue weighted by Crippen LogP contribution is -2.46. The molecule has 6 heteroatoms. The number of rotatable bonds is 6. The average Bonchev–Trinajstić information content (AvgIpc) is 3.45. The molecule has 3 aromatic carbocycles. The topological polar surface area (TPSA) is 47.2 Å². The van der Waals surface area contributed by atoms with E-state index in [1.54, 1.807) is 0 Å². The fourth-order valence-electron chi connectivity index (χ4n) is 5.84. The van der Waals surface area contributed by atoms with Gasteiger partial charge in [-0.3, -0.25) is 4.90 Å². The molecule has 1 fully saturated rings. The highest BCUT2D eigenvalue weighted by Gasteiger charge is 2.28. The van der Waals surface area contributed by atoms with Crippen LogP contribution in [-0.4, -0.2) is 45.4 Å². The largest absolute Gasteiger partial charge is 0.375 e. The summed E-state index contributed by atoms with van der Waals surface area (Å²) in [6.45, 7) is 10.6. The number of aromatic amines is 1. The summed E-state index contributed by atoms with van der Waals surface area (Å²) in [6, 6.07) is 23.6. The highest BCUT2D eigenvalue weighted by atomic mass is 35.5. The van der Waals surface area contributed by atoms with Gasteiger partial charge in [-0.05, 0) is 67.1 Å². The zero-order valence-corrected chi connectivity index (χ0v) is 22.6. The van der Waals surface area contributed by atoms with Crippen LogP contribution >= 0.6 is 11.6 Å². The van der Waals surface area contributed by atoms with Crippen molar-refractivity contribution in [2.75, 3.05) is 25.0 Å². The number of anilines is 2. The first kappa shape index (κ1) is 24.8. The molecular formula is C32H34ClN5. The second-order valence-electron chi connectivity index (χ2n) is 10.4. The third kappa shape index (κ3) is 5.09. The molecule has 5 nitrogen and oxygen atoms in total. The summed E-state index contributed by atoms with van der Waals surface area (Å²) in [5.74, 6) is 0.765. The van der Waals surface area contributed by atoms with Crippen LogP contribution < -0.4 is 5.32 Å². The van der Waals surface area contributed by atoms with Crippen molar-refractivity contribution in [3.8, 4) is 22.6 Å². The smallest absolute Gasteiger partial charge is 0.139 e. The van der Waals surface area contributed by atoms with Gasteiger partial charge in [-0.2, -0.15) is 0 Å². The van der Waals surface area contributed by atoms with E-state index < -0.39 is 0 Å². The van der Waals surface area contributed by atoms with E-state index in [-0.39, 0.29) is 0 Å². The van der Waals surface area contributed by atoms with Gasteiger partial charge in [0.05, 0.1) is 16.9 Å². The van der Waals surface area contributed by atoms with Gasteiger partial charge in [0.15, 0.2) is 0 Å². The molecule has 0 aliphatic carbocycles. The predicted octanol–water partition coefficient (Wildman–Crippen LogP) is 7.50. The Labute approximate surface area is 230 Å². The Morgan fingerprint density at radius 2 is 1.84 bits per heavy atom. The van der Waals surface area contributed by atoms with E-state index in [1.807, 2.05) is 36.5 Å². The van der Waals surface area contributed by atoms with Crippen LogP contribution in [0.25, 0.3) is 22.6 Å². The predicted molar refractivity (Wildman–Crippen MR) is 158 cm³/mol. The standard InChI is InChI=1S/C32H34ClN5/c1-22(2)37-16-13-26(14-17-37)38-18-15-27-24(21-38)9-6-10-30(27)35-25-11-12-29(33)28(19-25)32-34-20-31(36-32)23-7-4-3-5-8-23/h3-12,19-20,26,35H,1,13-18,21H2,2H3,(H,34,36). The molecule has 0 bridgehead atoms. The number of hydrogen-bond donors (Lipinski definition) is 2. The molecule has 2 aliphatic rings. The Morgan fingerprint density at radius 3 is 2.63 bits per heavy atom. The number of allylic oxidation sites excluding steroid dienone is 1. The molecule has 3 heterocycles. The number of likely N-dealkylation sites (tertiary alicyclic amines) is 1. The van der Waals surface area contributed by atoms with Gasteiger partial charge in [0.1, 0.15) is 5.82 Å². The third-order valence-electron chi connectivity index (χ3n) is 7.98. The highest BCUT2D eigenvalue weighted by Crippen LogP contribution is 2.34. The summed E-state index contributed by atoms with van der Waals surface area (Å²) in [7, 11) is 0.